The Morgan fingerprint density at radius 3 is 2.48 bits per heavy atom. The van der Waals surface area contributed by atoms with Crippen LogP contribution in [0.2, 0.25) is 0 Å². The van der Waals surface area contributed by atoms with Gasteiger partial charge in [0.15, 0.2) is 11.5 Å². The fourth-order valence-electron chi connectivity index (χ4n) is 2.92. The molecule has 2 aromatic rings. The zero-order valence-corrected chi connectivity index (χ0v) is 16.7. The summed E-state index contributed by atoms with van der Waals surface area (Å²) in [6, 6.07) is 9.59. The van der Waals surface area contributed by atoms with Crippen molar-refractivity contribution in [1.29, 1.82) is 0 Å². The summed E-state index contributed by atoms with van der Waals surface area (Å²) in [6.07, 6.45) is 1.07. The molecule has 0 fully saturated rings. The molecule has 1 atom stereocenters. The van der Waals surface area contributed by atoms with Crippen LogP contribution in [0.5, 0.6) is 11.5 Å². The number of benzene rings is 1. The molecule has 0 aliphatic carbocycles. The molecule has 1 aromatic carbocycles. The molecule has 150 valence electrons. The Hall–Kier alpha value is -2.02. The normalized spacial score (nSPS) is 12.6. The average Bonchev–Trinajstić information content (AvgIpc) is 3.14. The standard InChI is InChI=1S/C21H31NO5/c1-16(2)14-26-15-18(23)12-22(13-19-8-6-10-27-19)11-17-7-5-9-20(24-3)21(17)25-4/h5-10,16,18,23H,11-15H2,1-4H3/t18-/m0/s1. The van der Waals surface area contributed by atoms with Crippen molar-refractivity contribution in [2.45, 2.75) is 33.0 Å². The highest BCUT2D eigenvalue weighted by Crippen LogP contribution is 2.31. The number of aliphatic hydroxyl groups is 1. The summed E-state index contributed by atoms with van der Waals surface area (Å²) in [5.74, 6) is 2.67. The van der Waals surface area contributed by atoms with Crippen LogP contribution in [0.4, 0.5) is 0 Å². The fourth-order valence-corrected chi connectivity index (χ4v) is 2.92. The van der Waals surface area contributed by atoms with Crippen LogP contribution in [0.3, 0.4) is 0 Å². The van der Waals surface area contributed by atoms with E-state index in [4.69, 9.17) is 18.6 Å². The lowest BCUT2D eigenvalue weighted by Crippen LogP contribution is -2.34. The zero-order valence-electron chi connectivity index (χ0n) is 16.7. The highest BCUT2D eigenvalue weighted by atomic mass is 16.5. The summed E-state index contributed by atoms with van der Waals surface area (Å²) in [4.78, 5) is 2.11. The molecule has 1 aromatic heterocycles. The lowest BCUT2D eigenvalue weighted by Gasteiger charge is -2.25. The van der Waals surface area contributed by atoms with Crippen LogP contribution in [0.25, 0.3) is 0 Å². The number of furan rings is 1. The lowest BCUT2D eigenvalue weighted by atomic mass is 10.1. The predicted octanol–water partition coefficient (Wildman–Crippen LogP) is 3.33. The highest BCUT2D eigenvalue weighted by molar-refractivity contribution is 5.46. The molecule has 0 bridgehead atoms. The van der Waals surface area contributed by atoms with Gasteiger partial charge in [0.2, 0.25) is 0 Å². The molecule has 0 spiro atoms. The van der Waals surface area contributed by atoms with Crippen molar-refractivity contribution in [3.63, 3.8) is 0 Å². The minimum Gasteiger partial charge on any atom is -0.493 e. The van der Waals surface area contributed by atoms with Gasteiger partial charge in [-0.2, -0.15) is 0 Å². The van der Waals surface area contributed by atoms with Gasteiger partial charge in [0.25, 0.3) is 0 Å². The molecular formula is C21H31NO5. The predicted molar refractivity (Wildman–Crippen MR) is 104 cm³/mol. The maximum Gasteiger partial charge on any atom is 0.165 e. The Labute approximate surface area is 161 Å². The summed E-state index contributed by atoms with van der Waals surface area (Å²) in [5, 5.41) is 10.4. The molecule has 2 rings (SSSR count). The maximum absolute atomic E-state index is 10.4. The van der Waals surface area contributed by atoms with Crippen LogP contribution in [0.15, 0.2) is 41.0 Å². The van der Waals surface area contributed by atoms with E-state index in [1.54, 1.807) is 20.5 Å². The smallest absolute Gasteiger partial charge is 0.165 e. The van der Waals surface area contributed by atoms with Crippen molar-refractivity contribution in [3.8, 4) is 11.5 Å². The number of hydrogen-bond acceptors (Lipinski definition) is 6. The van der Waals surface area contributed by atoms with E-state index in [-0.39, 0.29) is 0 Å². The topological polar surface area (TPSA) is 64.3 Å². The van der Waals surface area contributed by atoms with Crippen LogP contribution < -0.4 is 9.47 Å². The van der Waals surface area contributed by atoms with Gasteiger partial charge in [-0.3, -0.25) is 4.90 Å². The molecule has 6 heteroatoms. The van der Waals surface area contributed by atoms with Gasteiger partial charge in [-0.1, -0.05) is 26.0 Å². The monoisotopic (exact) mass is 377 g/mol. The minimum atomic E-state index is -0.588. The number of nitrogens with zero attached hydrogens (tertiary/aromatic N) is 1. The molecule has 0 aliphatic rings. The van der Waals surface area contributed by atoms with E-state index < -0.39 is 6.10 Å². The van der Waals surface area contributed by atoms with E-state index in [2.05, 4.69) is 18.7 Å². The summed E-state index contributed by atoms with van der Waals surface area (Å²) in [5.41, 5.74) is 0.985. The minimum absolute atomic E-state index is 0.308. The van der Waals surface area contributed by atoms with Crippen molar-refractivity contribution in [1.82, 2.24) is 4.90 Å². The summed E-state index contributed by atoms with van der Waals surface area (Å²) in [7, 11) is 3.25. The molecule has 0 unspecified atom stereocenters. The van der Waals surface area contributed by atoms with Gasteiger partial charge in [-0.05, 0) is 24.1 Å². The van der Waals surface area contributed by atoms with Gasteiger partial charge >= 0.3 is 0 Å². The van der Waals surface area contributed by atoms with Gasteiger partial charge in [-0.15, -0.1) is 0 Å². The first-order valence-corrected chi connectivity index (χ1v) is 9.23. The molecule has 0 saturated heterocycles. The van der Waals surface area contributed by atoms with Crippen LogP contribution in [-0.4, -0.2) is 50.1 Å². The van der Waals surface area contributed by atoms with Gasteiger partial charge < -0.3 is 23.7 Å². The Kier molecular flexibility index (Phi) is 8.64. The third-order valence-electron chi connectivity index (χ3n) is 4.07. The van der Waals surface area contributed by atoms with E-state index in [0.717, 1.165) is 11.3 Å². The number of ether oxygens (including phenoxy) is 3. The summed E-state index contributed by atoms with van der Waals surface area (Å²) in [6.45, 7) is 6.74. The second kappa shape index (κ2) is 11.0. The van der Waals surface area contributed by atoms with Crippen LogP contribution in [-0.2, 0) is 17.8 Å². The number of rotatable bonds is 12. The second-order valence-corrected chi connectivity index (χ2v) is 6.99. The van der Waals surface area contributed by atoms with Crippen molar-refractivity contribution < 1.29 is 23.7 Å². The van der Waals surface area contributed by atoms with Crippen LogP contribution >= 0.6 is 0 Å². The fraction of sp³-hybridized carbons (Fsp3) is 0.524. The first kappa shape index (κ1) is 21.3. The zero-order chi connectivity index (χ0) is 19.6. The van der Waals surface area contributed by atoms with Gasteiger partial charge in [0, 0.05) is 25.3 Å². The van der Waals surface area contributed by atoms with Crippen molar-refractivity contribution >= 4 is 0 Å². The Bertz CT molecular complexity index is 657. The molecule has 0 radical (unpaired) electrons. The molecule has 0 saturated carbocycles. The number of aliphatic hydroxyl groups excluding tert-OH is 1. The Morgan fingerprint density at radius 1 is 1.04 bits per heavy atom. The molecule has 1 heterocycles. The SMILES string of the molecule is COc1cccc(CN(Cc2ccco2)C[C@H](O)COCC(C)C)c1OC. The van der Waals surface area contributed by atoms with Gasteiger partial charge in [0.05, 0.1) is 39.7 Å². The third kappa shape index (κ3) is 6.90. The molecule has 1 N–H and O–H groups in total. The van der Waals surface area contributed by atoms with Crippen molar-refractivity contribution in [2.75, 3.05) is 34.0 Å². The van der Waals surface area contributed by atoms with E-state index in [1.807, 2.05) is 30.3 Å². The van der Waals surface area contributed by atoms with Crippen LogP contribution in [0.1, 0.15) is 25.2 Å². The highest BCUT2D eigenvalue weighted by Gasteiger charge is 2.18. The van der Waals surface area contributed by atoms with Crippen LogP contribution in [0, 0.1) is 5.92 Å². The molecular weight excluding hydrogens is 346 g/mol. The van der Waals surface area contributed by atoms with E-state index in [9.17, 15) is 5.11 Å². The molecule has 0 amide bonds. The summed E-state index contributed by atoms with van der Waals surface area (Å²) >= 11 is 0. The van der Waals surface area contributed by atoms with E-state index >= 15 is 0 Å². The number of methoxy groups -OCH3 is 2. The molecule has 6 nitrogen and oxygen atoms in total. The number of para-hydroxylation sites is 1. The largest absolute Gasteiger partial charge is 0.493 e. The maximum atomic E-state index is 10.4. The quantitative estimate of drug-likeness (QED) is 0.612. The van der Waals surface area contributed by atoms with E-state index in [0.29, 0.717) is 50.3 Å². The first-order valence-electron chi connectivity index (χ1n) is 9.23. The van der Waals surface area contributed by atoms with Gasteiger partial charge in [-0.25, -0.2) is 0 Å². The molecule has 0 aliphatic heterocycles. The molecule has 27 heavy (non-hydrogen) atoms. The lowest BCUT2D eigenvalue weighted by molar-refractivity contribution is 0.00449. The van der Waals surface area contributed by atoms with Crippen molar-refractivity contribution in [3.05, 3.63) is 47.9 Å². The summed E-state index contributed by atoms with van der Waals surface area (Å²) < 4.78 is 22.0. The Morgan fingerprint density at radius 2 is 1.85 bits per heavy atom. The average molecular weight is 377 g/mol. The Balaban J connectivity index is 2.08. The number of hydrogen-bond donors (Lipinski definition) is 1. The first-order chi connectivity index (χ1) is 13.0. The third-order valence-corrected chi connectivity index (χ3v) is 4.07. The van der Waals surface area contributed by atoms with Crippen molar-refractivity contribution in [2.24, 2.45) is 5.92 Å². The van der Waals surface area contributed by atoms with E-state index in [1.165, 1.54) is 0 Å². The second-order valence-electron chi connectivity index (χ2n) is 6.99. The van der Waals surface area contributed by atoms with Gasteiger partial charge in [0.1, 0.15) is 5.76 Å².